The summed E-state index contributed by atoms with van der Waals surface area (Å²) in [5, 5.41) is 10.6. The maximum atomic E-state index is 12.8. The molecule has 24 heavy (non-hydrogen) atoms. The van der Waals surface area contributed by atoms with Crippen molar-refractivity contribution in [1.82, 2.24) is 4.57 Å². The summed E-state index contributed by atoms with van der Waals surface area (Å²) >= 11 is 5.96. The number of halogens is 1. The molecule has 6 heteroatoms. The molecule has 0 bridgehead atoms. The van der Waals surface area contributed by atoms with Gasteiger partial charge in [-0.15, -0.1) is 0 Å². The molecule has 0 amide bonds. The van der Waals surface area contributed by atoms with Crippen molar-refractivity contribution in [2.45, 2.75) is 0 Å². The molecule has 2 aliphatic rings. The zero-order valence-electron chi connectivity index (χ0n) is 12.2. The highest BCUT2D eigenvalue weighted by molar-refractivity contribution is 6.31. The Hall–Kier alpha value is -3.05. The second-order valence-corrected chi connectivity index (χ2v) is 5.73. The van der Waals surface area contributed by atoms with E-state index in [0.717, 1.165) is 0 Å². The van der Waals surface area contributed by atoms with Crippen molar-refractivity contribution in [2.75, 3.05) is 0 Å². The lowest BCUT2D eigenvalue weighted by Crippen LogP contribution is -2.18. The first-order chi connectivity index (χ1) is 11.6. The normalized spacial score (nSPS) is 11.2. The molecule has 2 aromatic rings. The Balaban J connectivity index is 2.13. The van der Waals surface area contributed by atoms with E-state index in [-0.39, 0.29) is 5.56 Å². The number of fused-ring (bicyclic) bond motifs is 2. The van der Waals surface area contributed by atoms with Crippen LogP contribution in [-0.4, -0.2) is 15.6 Å². The van der Waals surface area contributed by atoms with E-state index in [0.29, 0.717) is 32.9 Å². The minimum absolute atomic E-state index is 0.260. The van der Waals surface area contributed by atoms with Crippen molar-refractivity contribution in [2.24, 2.45) is 0 Å². The number of rotatable bonds is 2. The van der Waals surface area contributed by atoms with Gasteiger partial charge >= 0.3 is 5.97 Å². The molecule has 1 aliphatic carbocycles. The van der Waals surface area contributed by atoms with Gasteiger partial charge in [-0.25, -0.2) is 4.79 Å². The van der Waals surface area contributed by atoms with Crippen molar-refractivity contribution in [3.8, 4) is 16.9 Å². The lowest BCUT2D eigenvalue weighted by molar-refractivity contribution is 0.0696. The predicted molar refractivity (Wildman–Crippen MR) is 90.4 cm³/mol. The van der Waals surface area contributed by atoms with Crippen LogP contribution in [0.5, 0.6) is 0 Å². The Morgan fingerprint density at radius 3 is 2.71 bits per heavy atom. The van der Waals surface area contributed by atoms with Crippen molar-refractivity contribution in [3.63, 3.8) is 0 Å². The van der Waals surface area contributed by atoms with E-state index in [9.17, 15) is 14.7 Å². The number of carboxylic acids is 1. The number of carbonyl (C=O) groups is 1. The summed E-state index contributed by atoms with van der Waals surface area (Å²) in [6.45, 7) is 0. The largest absolute Gasteiger partial charge is 0.477 e. The van der Waals surface area contributed by atoms with Crippen LogP contribution in [0.1, 0.15) is 10.4 Å². The average molecular weight is 340 g/mol. The smallest absolute Gasteiger partial charge is 0.342 e. The van der Waals surface area contributed by atoms with Gasteiger partial charge in [0.15, 0.2) is 0 Å². The van der Waals surface area contributed by atoms with Crippen LogP contribution in [-0.2, 0) is 0 Å². The molecule has 0 saturated carbocycles. The quantitative estimate of drug-likeness (QED) is 0.598. The minimum atomic E-state index is -1.26. The maximum Gasteiger partial charge on any atom is 0.342 e. The summed E-state index contributed by atoms with van der Waals surface area (Å²) in [5.41, 5.74) is 1.03. The minimum Gasteiger partial charge on any atom is -0.477 e. The molecule has 118 valence electrons. The van der Waals surface area contributed by atoms with Crippen LogP contribution in [0.2, 0.25) is 5.02 Å². The number of aromatic nitrogens is 1. The van der Waals surface area contributed by atoms with Crippen LogP contribution in [0.15, 0.2) is 64.0 Å². The van der Waals surface area contributed by atoms with Gasteiger partial charge in [-0.1, -0.05) is 35.9 Å². The van der Waals surface area contributed by atoms with Gasteiger partial charge in [0.25, 0.3) is 5.56 Å². The SMILES string of the molecule is O=C(O)c1c2cccccc-2n(-c2coc3cc(Cl)ccc23)c1=O. The van der Waals surface area contributed by atoms with Crippen LogP contribution in [0.25, 0.3) is 27.9 Å². The number of benzene rings is 1. The molecule has 4 rings (SSSR count). The summed E-state index contributed by atoms with van der Waals surface area (Å²) in [7, 11) is 0. The molecule has 1 N–H and O–H groups in total. The molecular formula is C18H10ClNO4. The Bertz CT molecular complexity index is 1130. The fourth-order valence-electron chi connectivity index (χ4n) is 2.89. The average Bonchev–Trinajstić information content (AvgIpc) is 2.95. The number of carboxylic acid groups (broad SMARTS) is 1. The number of hydrogen-bond acceptors (Lipinski definition) is 3. The van der Waals surface area contributed by atoms with Crippen molar-refractivity contribution in [1.29, 1.82) is 0 Å². The van der Waals surface area contributed by atoms with E-state index in [1.807, 2.05) is 0 Å². The standard InChI is InChI=1S/C18H10ClNO4/c19-10-6-7-11-14(9-24-15(11)8-10)20-13-5-3-1-2-4-12(13)16(17(20)21)18(22)23/h1-9H,(H,22,23). The number of aromatic carboxylic acids is 1. The van der Waals surface area contributed by atoms with Gasteiger partial charge in [0.1, 0.15) is 17.4 Å². The highest BCUT2D eigenvalue weighted by Gasteiger charge is 2.26. The van der Waals surface area contributed by atoms with E-state index in [2.05, 4.69) is 0 Å². The monoisotopic (exact) mass is 339 g/mol. The number of nitrogens with zero attached hydrogens (tertiary/aromatic N) is 1. The molecule has 0 radical (unpaired) electrons. The summed E-state index contributed by atoms with van der Waals surface area (Å²) < 4.78 is 6.85. The van der Waals surface area contributed by atoms with Gasteiger partial charge in [-0.2, -0.15) is 0 Å². The second kappa shape index (κ2) is 5.25. The van der Waals surface area contributed by atoms with Gasteiger partial charge in [0.2, 0.25) is 0 Å². The molecule has 2 heterocycles. The van der Waals surface area contributed by atoms with E-state index in [1.165, 1.54) is 10.8 Å². The molecule has 0 atom stereocenters. The molecular weight excluding hydrogens is 330 g/mol. The molecule has 1 aromatic heterocycles. The Kier molecular flexibility index (Phi) is 3.18. The van der Waals surface area contributed by atoms with Crippen LogP contribution >= 0.6 is 11.6 Å². The van der Waals surface area contributed by atoms with Gasteiger partial charge in [-0.05, 0) is 18.2 Å². The molecule has 0 unspecified atom stereocenters. The highest BCUT2D eigenvalue weighted by Crippen LogP contribution is 2.32. The highest BCUT2D eigenvalue weighted by atomic mass is 35.5. The van der Waals surface area contributed by atoms with Gasteiger partial charge in [-0.3, -0.25) is 9.36 Å². The molecule has 1 aliphatic heterocycles. The topological polar surface area (TPSA) is 72.4 Å². The number of furan rings is 1. The van der Waals surface area contributed by atoms with Gasteiger partial charge in [0, 0.05) is 22.0 Å². The van der Waals surface area contributed by atoms with E-state index in [1.54, 1.807) is 48.5 Å². The maximum absolute atomic E-state index is 12.8. The third kappa shape index (κ3) is 2.02. The Morgan fingerprint density at radius 1 is 1.12 bits per heavy atom. The van der Waals surface area contributed by atoms with Crippen LogP contribution in [0, 0.1) is 0 Å². The van der Waals surface area contributed by atoms with Crippen LogP contribution in [0.3, 0.4) is 0 Å². The molecule has 0 saturated heterocycles. The van der Waals surface area contributed by atoms with E-state index in [4.69, 9.17) is 16.0 Å². The first-order valence-electron chi connectivity index (χ1n) is 7.12. The first kappa shape index (κ1) is 14.5. The first-order valence-corrected chi connectivity index (χ1v) is 7.50. The van der Waals surface area contributed by atoms with Crippen LogP contribution in [0.4, 0.5) is 0 Å². The molecule has 0 spiro atoms. The van der Waals surface area contributed by atoms with Crippen molar-refractivity contribution >= 4 is 28.5 Å². The molecule has 1 aromatic carbocycles. The number of hydrogen-bond donors (Lipinski definition) is 1. The molecule has 5 nitrogen and oxygen atoms in total. The predicted octanol–water partition coefficient (Wildman–Crippen LogP) is 4.04. The second-order valence-electron chi connectivity index (χ2n) is 5.29. The van der Waals surface area contributed by atoms with Crippen molar-refractivity contribution < 1.29 is 14.3 Å². The van der Waals surface area contributed by atoms with Gasteiger partial charge in [0.05, 0.1) is 11.4 Å². The lowest BCUT2D eigenvalue weighted by atomic mass is 10.1. The van der Waals surface area contributed by atoms with E-state index >= 15 is 0 Å². The zero-order chi connectivity index (χ0) is 16.8. The summed E-state index contributed by atoms with van der Waals surface area (Å²) in [4.78, 5) is 24.3. The molecule has 0 fully saturated rings. The summed E-state index contributed by atoms with van der Waals surface area (Å²) in [6.07, 6.45) is 1.43. The fraction of sp³-hybridized carbons (Fsp3) is 0. The summed E-state index contributed by atoms with van der Waals surface area (Å²) in [5.74, 6) is -1.26. The Labute approximate surface area is 140 Å². The third-order valence-corrected chi connectivity index (χ3v) is 4.15. The third-order valence-electron chi connectivity index (χ3n) is 3.91. The fourth-order valence-corrected chi connectivity index (χ4v) is 3.05. The van der Waals surface area contributed by atoms with Gasteiger partial charge < -0.3 is 9.52 Å². The van der Waals surface area contributed by atoms with E-state index < -0.39 is 11.5 Å². The van der Waals surface area contributed by atoms with Crippen LogP contribution < -0.4 is 5.56 Å². The summed E-state index contributed by atoms with van der Waals surface area (Å²) in [6, 6.07) is 13.6. The zero-order valence-corrected chi connectivity index (χ0v) is 12.9. The van der Waals surface area contributed by atoms with Crippen molar-refractivity contribution in [3.05, 3.63) is 75.7 Å². The lowest BCUT2D eigenvalue weighted by Gasteiger charge is -2.03. The Morgan fingerprint density at radius 2 is 1.92 bits per heavy atom.